The van der Waals surface area contributed by atoms with Gasteiger partial charge in [0.15, 0.2) is 9.84 Å². The van der Waals surface area contributed by atoms with Crippen LogP contribution in [-0.2, 0) is 25.8 Å². The second kappa shape index (κ2) is 7.22. The van der Waals surface area contributed by atoms with Gasteiger partial charge in [-0.15, -0.1) is 0 Å². The minimum atomic E-state index is -3.26. The molecule has 24 heavy (non-hydrogen) atoms. The normalized spacial score (nSPS) is 10.9. The van der Waals surface area contributed by atoms with Crippen LogP contribution in [0.15, 0.2) is 47.5 Å². The summed E-state index contributed by atoms with van der Waals surface area (Å²) in [5.74, 6) is -0.507. The Balaban J connectivity index is 1.99. The lowest BCUT2D eigenvalue weighted by Gasteiger charge is -2.06. The van der Waals surface area contributed by atoms with E-state index >= 15 is 0 Å². The fourth-order valence-corrected chi connectivity index (χ4v) is 2.56. The zero-order valence-corrected chi connectivity index (χ0v) is 14.0. The first-order valence-electron chi connectivity index (χ1n) is 6.93. The molecule has 0 radical (unpaired) electrons. The summed E-state index contributed by atoms with van der Waals surface area (Å²) in [5, 5.41) is 2.60. The number of carbonyl (C=O) groups is 2. The van der Waals surface area contributed by atoms with Gasteiger partial charge >= 0.3 is 5.97 Å². The number of hydrogen-bond acceptors (Lipinski definition) is 6. The van der Waals surface area contributed by atoms with Gasteiger partial charge in [0, 0.05) is 12.5 Å². The van der Waals surface area contributed by atoms with Gasteiger partial charge in [0.1, 0.15) is 5.82 Å². The molecule has 1 amide bonds. The van der Waals surface area contributed by atoms with Crippen LogP contribution in [0.1, 0.15) is 15.9 Å². The van der Waals surface area contributed by atoms with Crippen molar-refractivity contribution in [3.63, 3.8) is 0 Å². The Morgan fingerprint density at radius 2 is 1.79 bits per heavy atom. The Hall–Kier alpha value is -2.74. The van der Waals surface area contributed by atoms with Gasteiger partial charge in [-0.2, -0.15) is 0 Å². The third-order valence-corrected chi connectivity index (χ3v) is 4.30. The van der Waals surface area contributed by atoms with Gasteiger partial charge in [0.05, 0.1) is 24.0 Å². The largest absolute Gasteiger partial charge is 0.465 e. The lowest BCUT2D eigenvalue weighted by Crippen LogP contribution is -2.15. The maximum absolute atomic E-state index is 12.0. The molecule has 2 rings (SSSR count). The number of esters is 1. The van der Waals surface area contributed by atoms with Gasteiger partial charge in [-0.1, -0.05) is 12.1 Å². The molecule has 1 N–H and O–H groups in total. The molecular weight excluding hydrogens is 332 g/mol. The number of sulfone groups is 1. The summed E-state index contributed by atoms with van der Waals surface area (Å²) in [6.45, 7) is 0. The Morgan fingerprint density at radius 3 is 2.29 bits per heavy atom. The van der Waals surface area contributed by atoms with E-state index in [4.69, 9.17) is 0 Å². The minimum Gasteiger partial charge on any atom is -0.465 e. The number of nitrogens with one attached hydrogen (secondary N) is 1. The number of ether oxygens (including phenoxy) is 1. The highest BCUT2D eigenvalue weighted by Crippen LogP contribution is 2.12. The van der Waals surface area contributed by atoms with E-state index in [2.05, 4.69) is 15.0 Å². The first-order valence-corrected chi connectivity index (χ1v) is 8.82. The van der Waals surface area contributed by atoms with E-state index < -0.39 is 15.8 Å². The van der Waals surface area contributed by atoms with Crippen molar-refractivity contribution < 1.29 is 22.7 Å². The second-order valence-corrected chi connectivity index (χ2v) is 7.08. The smallest absolute Gasteiger partial charge is 0.339 e. The van der Waals surface area contributed by atoms with Gasteiger partial charge in [0.2, 0.25) is 5.91 Å². The van der Waals surface area contributed by atoms with Gasteiger partial charge < -0.3 is 10.1 Å². The van der Waals surface area contributed by atoms with Gasteiger partial charge in [0.25, 0.3) is 0 Å². The number of hydrogen-bond donors (Lipinski definition) is 1. The predicted molar refractivity (Wildman–Crippen MR) is 87.5 cm³/mol. The summed E-state index contributed by atoms with van der Waals surface area (Å²) < 4.78 is 27.3. The minimum absolute atomic E-state index is 0.0739. The predicted octanol–water partition coefficient (Wildman–Crippen LogP) is 1.45. The van der Waals surface area contributed by atoms with Crippen molar-refractivity contribution in [2.24, 2.45) is 0 Å². The number of amides is 1. The first-order chi connectivity index (χ1) is 11.3. The average molecular weight is 348 g/mol. The van der Waals surface area contributed by atoms with E-state index in [0.29, 0.717) is 11.4 Å². The van der Waals surface area contributed by atoms with Crippen molar-refractivity contribution in [1.29, 1.82) is 0 Å². The standard InChI is InChI=1S/C16H16N2O5S/c1-23-16(20)12-5-8-14(17-10-12)18-15(19)9-11-3-6-13(7-4-11)24(2,21)22/h3-8,10H,9H2,1-2H3,(H,17,18,19). The molecule has 2 aromatic rings. The van der Waals surface area contributed by atoms with Crippen molar-refractivity contribution >= 4 is 27.5 Å². The monoisotopic (exact) mass is 348 g/mol. The van der Waals surface area contributed by atoms with Crippen LogP contribution in [0.2, 0.25) is 0 Å². The van der Waals surface area contributed by atoms with Crippen LogP contribution in [0.3, 0.4) is 0 Å². The number of nitrogens with zero attached hydrogens (tertiary/aromatic N) is 1. The lowest BCUT2D eigenvalue weighted by atomic mass is 10.1. The van der Waals surface area contributed by atoms with Crippen molar-refractivity contribution in [1.82, 2.24) is 4.98 Å². The number of aromatic nitrogens is 1. The molecule has 1 aromatic carbocycles. The topological polar surface area (TPSA) is 102 Å². The van der Waals surface area contributed by atoms with Crippen molar-refractivity contribution in [2.75, 3.05) is 18.7 Å². The summed E-state index contributed by atoms with van der Waals surface area (Å²) in [5.41, 5.74) is 0.956. The zero-order chi connectivity index (χ0) is 17.7. The summed E-state index contributed by atoms with van der Waals surface area (Å²) >= 11 is 0. The van der Waals surface area contributed by atoms with Gasteiger partial charge in [-0.25, -0.2) is 18.2 Å². The maximum atomic E-state index is 12.0. The number of carbonyl (C=O) groups excluding carboxylic acids is 2. The fourth-order valence-electron chi connectivity index (χ4n) is 1.93. The van der Waals surface area contributed by atoms with E-state index in [0.717, 1.165) is 6.26 Å². The number of pyridine rings is 1. The Bertz CT molecular complexity index is 843. The molecule has 0 atom stereocenters. The second-order valence-electron chi connectivity index (χ2n) is 5.06. The van der Waals surface area contributed by atoms with Crippen LogP contribution in [0.25, 0.3) is 0 Å². The lowest BCUT2D eigenvalue weighted by molar-refractivity contribution is -0.115. The highest BCUT2D eigenvalue weighted by Gasteiger charge is 2.10. The summed E-state index contributed by atoms with van der Waals surface area (Å²) in [7, 11) is -1.99. The molecule has 0 bridgehead atoms. The molecule has 0 fully saturated rings. The van der Waals surface area contributed by atoms with Gasteiger partial charge in [-0.3, -0.25) is 4.79 Å². The van der Waals surface area contributed by atoms with Crippen molar-refractivity contribution in [2.45, 2.75) is 11.3 Å². The number of rotatable bonds is 5. The molecule has 7 nitrogen and oxygen atoms in total. The van der Waals surface area contributed by atoms with Crippen LogP contribution in [0.4, 0.5) is 5.82 Å². The highest BCUT2D eigenvalue weighted by molar-refractivity contribution is 7.90. The number of anilines is 1. The van der Waals surface area contributed by atoms with Crippen LogP contribution >= 0.6 is 0 Å². The molecule has 0 aliphatic rings. The summed E-state index contributed by atoms with van der Waals surface area (Å²) in [6.07, 6.45) is 2.51. The maximum Gasteiger partial charge on any atom is 0.339 e. The Kier molecular flexibility index (Phi) is 5.30. The van der Waals surface area contributed by atoms with Crippen LogP contribution in [0, 0.1) is 0 Å². The SMILES string of the molecule is COC(=O)c1ccc(NC(=O)Cc2ccc(S(C)(=O)=O)cc2)nc1. The Morgan fingerprint density at radius 1 is 1.12 bits per heavy atom. The van der Waals surface area contributed by atoms with E-state index in [-0.39, 0.29) is 22.8 Å². The average Bonchev–Trinajstić information content (AvgIpc) is 2.54. The van der Waals surface area contributed by atoms with Crippen LogP contribution < -0.4 is 5.32 Å². The van der Waals surface area contributed by atoms with Crippen molar-refractivity contribution in [3.8, 4) is 0 Å². The molecule has 1 heterocycles. The van der Waals surface area contributed by atoms with E-state index in [9.17, 15) is 18.0 Å². The highest BCUT2D eigenvalue weighted by atomic mass is 32.2. The molecule has 0 unspecified atom stereocenters. The van der Waals surface area contributed by atoms with Crippen LogP contribution in [-0.4, -0.2) is 38.6 Å². The van der Waals surface area contributed by atoms with Gasteiger partial charge in [-0.05, 0) is 29.8 Å². The molecule has 0 aliphatic carbocycles. The summed E-state index contributed by atoms with van der Waals surface area (Å²) in [4.78, 5) is 27.4. The molecular formula is C16H16N2O5S. The molecule has 0 saturated carbocycles. The molecule has 0 spiro atoms. The van der Waals surface area contributed by atoms with E-state index in [1.54, 1.807) is 12.1 Å². The van der Waals surface area contributed by atoms with Crippen molar-refractivity contribution in [3.05, 3.63) is 53.7 Å². The number of methoxy groups -OCH3 is 1. The third kappa shape index (κ3) is 4.63. The number of benzene rings is 1. The fraction of sp³-hybridized carbons (Fsp3) is 0.188. The quantitative estimate of drug-likeness (QED) is 0.821. The van der Waals surface area contributed by atoms with E-state index in [1.165, 1.54) is 37.6 Å². The zero-order valence-electron chi connectivity index (χ0n) is 13.1. The summed E-state index contributed by atoms with van der Waals surface area (Å²) in [6, 6.07) is 9.09. The molecule has 0 aliphatic heterocycles. The molecule has 8 heteroatoms. The van der Waals surface area contributed by atoms with E-state index in [1.807, 2.05) is 0 Å². The molecule has 1 aromatic heterocycles. The Labute approximate surface area is 139 Å². The van der Waals surface area contributed by atoms with Crippen LogP contribution in [0.5, 0.6) is 0 Å². The third-order valence-electron chi connectivity index (χ3n) is 3.17. The molecule has 0 saturated heterocycles. The molecule has 126 valence electrons. The first kappa shape index (κ1) is 17.6.